The van der Waals surface area contributed by atoms with E-state index in [9.17, 15) is 18.4 Å². The molecule has 0 aliphatic heterocycles. The van der Waals surface area contributed by atoms with Crippen molar-refractivity contribution < 1.29 is 27.8 Å². The summed E-state index contributed by atoms with van der Waals surface area (Å²) in [7, 11) is 0. The van der Waals surface area contributed by atoms with Crippen LogP contribution < -0.4 is 10.1 Å². The summed E-state index contributed by atoms with van der Waals surface area (Å²) in [6.45, 7) is 2.21. The number of rotatable bonds is 8. The Hall–Kier alpha value is -2.96. The smallest absolute Gasteiger partial charge is 0.307 e. The van der Waals surface area contributed by atoms with Gasteiger partial charge < -0.3 is 14.8 Å². The first-order valence-corrected chi connectivity index (χ1v) is 8.04. The van der Waals surface area contributed by atoms with Crippen LogP contribution in [0.25, 0.3) is 0 Å². The van der Waals surface area contributed by atoms with Gasteiger partial charge in [-0.3, -0.25) is 9.59 Å². The molecule has 26 heavy (non-hydrogen) atoms. The maximum absolute atomic E-state index is 13.5. The van der Waals surface area contributed by atoms with Crippen molar-refractivity contribution in [2.75, 3.05) is 19.8 Å². The third-order valence-corrected chi connectivity index (χ3v) is 3.40. The van der Waals surface area contributed by atoms with Crippen molar-refractivity contribution >= 4 is 11.9 Å². The Labute approximate surface area is 149 Å². The Morgan fingerprint density at radius 2 is 1.88 bits per heavy atom. The highest BCUT2D eigenvalue weighted by Gasteiger charge is 2.12. The van der Waals surface area contributed by atoms with Crippen LogP contribution in [0.3, 0.4) is 0 Å². The first kappa shape index (κ1) is 19.4. The highest BCUT2D eigenvalue weighted by Crippen LogP contribution is 2.12. The predicted molar refractivity (Wildman–Crippen MR) is 90.9 cm³/mol. The van der Waals surface area contributed by atoms with E-state index in [4.69, 9.17) is 9.47 Å². The summed E-state index contributed by atoms with van der Waals surface area (Å²) in [4.78, 5) is 23.3. The third kappa shape index (κ3) is 6.16. The highest BCUT2D eigenvalue weighted by molar-refractivity contribution is 5.94. The Kier molecular flexibility index (Phi) is 7.08. The molecular weight excluding hydrogens is 344 g/mol. The molecule has 1 N–H and O–H groups in total. The maximum Gasteiger partial charge on any atom is 0.307 e. The van der Waals surface area contributed by atoms with Crippen LogP contribution in [-0.2, 0) is 9.53 Å². The van der Waals surface area contributed by atoms with Crippen molar-refractivity contribution in [3.63, 3.8) is 0 Å². The Bertz CT molecular complexity index is 780. The first-order chi connectivity index (χ1) is 12.5. The molecule has 0 unspecified atom stereocenters. The molecule has 7 heteroatoms. The van der Waals surface area contributed by atoms with Crippen LogP contribution in [0.4, 0.5) is 8.78 Å². The molecule has 2 rings (SSSR count). The zero-order chi connectivity index (χ0) is 18.9. The zero-order valence-electron chi connectivity index (χ0n) is 14.3. The fourth-order valence-corrected chi connectivity index (χ4v) is 2.14. The van der Waals surface area contributed by atoms with Gasteiger partial charge in [0.1, 0.15) is 30.6 Å². The Balaban J connectivity index is 1.63. The minimum absolute atomic E-state index is 0.0206. The number of esters is 1. The minimum atomic E-state index is -0.960. The van der Waals surface area contributed by atoms with E-state index < -0.39 is 23.5 Å². The average Bonchev–Trinajstić information content (AvgIpc) is 2.58. The lowest BCUT2D eigenvalue weighted by molar-refractivity contribution is -0.144. The molecule has 2 aromatic rings. The van der Waals surface area contributed by atoms with Crippen LogP contribution in [0.1, 0.15) is 22.3 Å². The lowest BCUT2D eigenvalue weighted by Crippen LogP contribution is -2.27. The summed E-state index contributed by atoms with van der Waals surface area (Å²) in [5.74, 6) is -2.28. The Morgan fingerprint density at radius 3 is 2.62 bits per heavy atom. The summed E-state index contributed by atoms with van der Waals surface area (Å²) in [5.41, 5.74) is 0.777. The number of hydrogen-bond acceptors (Lipinski definition) is 4. The normalized spacial score (nSPS) is 10.3. The number of halogens is 2. The number of ether oxygens (including phenoxy) is 2. The van der Waals surface area contributed by atoms with Crippen LogP contribution in [0.2, 0.25) is 0 Å². The fraction of sp³-hybridized carbons (Fsp3) is 0.263. The standard InChI is InChI=1S/C19H19F2NO4/c1-13-3-2-4-15(11-13)25-9-10-26-18(23)7-8-22-19(24)16-6-5-14(20)12-17(16)21/h2-6,11-12H,7-10H2,1H3,(H,22,24). The average molecular weight is 363 g/mol. The molecule has 1 amide bonds. The van der Waals surface area contributed by atoms with E-state index in [1.54, 1.807) is 6.07 Å². The van der Waals surface area contributed by atoms with Crippen LogP contribution in [-0.4, -0.2) is 31.6 Å². The van der Waals surface area contributed by atoms with E-state index >= 15 is 0 Å². The lowest BCUT2D eigenvalue weighted by Gasteiger charge is -2.09. The third-order valence-electron chi connectivity index (χ3n) is 3.40. The molecule has 0 aromatic heterocycles. The number of nitrogens with one attached hydrogen (secondary N) is 1. The molecule has 0 spiro atoms. The molecule has 0 aliphatic carbocycles. The van der Waals surface area contributed by atoms with Crippen LogP contribution in [0.15, 0.2) is 42.5 Å². The van der Waals surface area contributed by atoms with Gasteiger partial charge in [-0.25, -0.2) is 8.78 Å². The van der Waals surface area contributed by atoms with E-state index in [0.717, 1.165) is 17.7 Å². The molecule has 0 saturated carbocycles. The van der Waals surface area contributed by atoms with Crippen molar-refractivity contribution in [3.8, 4) is 5.75 Å². The van der Waals surface area contributed by atoms with E-state index in [0.29, 0.717) is 11.8 Å². The van der Waals surface area contributed by atoms with E-state index in [-0.39, 0.29) is 31.7 Å². The zero-order valence-corrected chi connectivity index (χ0v) is 14.3. The molecule has 0 bridgehead atoms. The number of hydrogen-bond donors (Lipinski definition) is 1. The van der Waals surface area contributed by atoms with Gasteiger partial charge in [-0.2, -0.15) is 0 Å². The van der Waals surface area contributed by atoms with Crippen molar-refractivity contribution in [3.05, 3.63) is 65.2 Å². The highest BCUT2D eigenvalue weighted by atomic mass is 19.1. The summed E-state index contributed by atoms with van der Waals surface area (Å²) in [6.07, 6.45) is -0.0704. The first-order valence-electron chi connectivity index (χ1n) is 8.04. The van der Waals surface area contributed by atoms with Gasteiger partial charge in [-0.05, 0) is 36.8 Å². The molecule has 0 atom stereocenters. The van der Waals surface area contributed by atoms with Crippen LogP contribution in [0.5, 0.6) is 5.75 Å². The van der Waals surface area contributed by atoms with E-state index in [2.05, 4.69) is 5.32 Å². The largest absolute Gasteiger partial charge is 0.490 e. The second-order valence-electron chi connectivity index (χ2n) is 5.52. The summed E-state index contributed by atoms with van der Waals surface area (Å²) in [5, 5.41) is 2.38. The molecule has 2 aromatic carbocycles. The molecule has 138 valence electrons. The van der Waals surface area contributed by atoms with Gasteiger partial charge in [0.25, 0.3) is 5.91 Å². The van der Waals surface area contributed by atoms with E-state index in [1.165, 1.54) is 0 Å². The minimum Gasteiger partial charge on any atom is -0.490 e. The Morgan fingerprint density at radius 1 is 1.08 bits per heavy atom. The number of aryl methyl sites for hydroxylation is 1. The lowest BCUT2D eigenvalue weighted by atomic mass is 10.2. The van der Waals surface area contributed by atoms with Crippen molar-refractivity contribution in [2.24, 2.45) is 0 Å². The summed E-state index contributed by atoms with van der Waals surface area (Å²) >= 11 is 0. The molecule has 0 heterocycles. The number of carbonyl (C=O) groups is 2. The predicted octanol–water partition coefficient (Wildman–Crippen LogP) is 3.02. The number of carbonyl (C=O) groups excluding carboxylic acids is 2. The van der Waals surface area contributed by atoms with Gasteiger partial charge in [0.15, 0.2) is 0 Å². The summed E-state index contributed by atoms with van der Waals surface area (Å²) in [6, 6.07) is 10.1. The monoisotopic (exact) mass is 363 g/mol. The fourth-order valence-electron chi connectivity index (χ4n) is 2.14. The topological polar surface area (TPSA) is 64.6 Å². The van der Waals surface area contributed by atoms with Crippen LogP contribution in [0, 0.1) is 18.6 Å². The SMILES string of the molecule is Cc1cccc(OCCOC(=O)CCNC(=O)c2ccc(F)cc2F)c1. The van der Waals surface area contributed by atoms with Gasteiger partial charge in [-0.1, -0.05) is 12.1 Å². The van der Waals surface area contributed by atoms with Crippen molar-refractivity contribution in [1.29, 1.82) is 0 Å². The maximum atomic E-state index is 13.5. The van der Waals surface area contributed by atoms with E-state index in [1.807, 2.05) is 25.1 Å². The van der Waals surface area contributed by atoms with Crippen LogP contribution >= 0.6 is 0 Å². The molecule has 0 radical (unpaired) electrons. The second-order valence-corrected chi connectivity index (χ2v) is 5.52. The van der Waals surface area contributed by atoms with Gasteiger partial charge >= 0.3 is 5.97 Å². The molecule has 5 nitrogen and oxygen atoms in total. The molecule has 0 aliphatic rings. The molecule has 0 saturated heterocycles. The second kappa shape index (κ2) is 9.50. The van der Waals surface area contributed by atoms with Gasteiger partial charge in [-0.15, -0.1) is 0 Å². The van der Waals surface area contributed by atoms with Gasteiger partial charge in [0.2, 0.25) is 0 Å². The molecule has 0 fully saturated rings. The quantitative estimate of drug-likeness (QED) is 0.578. The summed E-state index contributed by atoms with van der Waals surface area (Å²) < 4.78 is 36.7. The van der Waals surface area contributed by atoms with Gasteiger partial charge in [0, 0.05) is 12.6 Å². The number of amides is 1. The number of benzene rings is 2. The van der Waals surface area contributed by atoms with Crippen molar-refractivity contribution in [2.45, 2.75) is 13.3 Å². The molecular formula is C19H19F2NO4. The van der Waals surface area contributed by atoms with Gasteiger partial charge in [0.05, 0.1) is 12.0 Å². The van der Waals surface area contributed by atoms with Crippen molar-refractivity contribution in [1.82, 2.24) is 5.32 Å².